The summed E-state index contributed by atoms with van der Waals surface area (Å²) in [5, 5.41) is 11.2. The average Bonchev–Trinajstić information content (AvgIpc) is 3.28. The molecule has 8 heteroatoms. The van der Waals surface area contributed by atoms with Gasteiger partial charge in [-0.3, -0.25) is 10.1 Å². The number of benzene rings is 2. The second kappa shape index (κ2) is 6.79. The first-order valence-electron chi connectivity index (χ1n) is 7.62. The Hall–Kier alpha value is -2.88. The molecular weight excluding hydrogens is 449 g/mol. The molecule has 0 spiro atoms. The zero-order valence-electron chi connectivity index (χ0n) is 13.5. The van der Waals surface area contributed by atoms with E-state index in [1.54, 1.807) is 31.4 Å². The molecule has 2 heterocycles. The minimum atomic E-state index is -0.323. The number of aromatic nitrogens is 2. The van der Waals surface area contributed by atoms with Gasteiger partial charge in [-0.2, -0.15) is 0 Å². The van der Waals surface area contributed by atoms with E-state index in [-0.39, 0.29) is 17.8 Å². The van der Waals surface area contributed by atoms with Gasteiger partial charge in [-0.1, -0.05) is 29.4 Å². The van der Waals surface area contributed by atoms with Crippen LogP contribution in [0.3, 0.4) is 0 Å². The molecule has 2 aromatic heterocycles. The highest BCUT2D eigenvalue weighted by molar-refractivity contribution is 14.1. The lowest BCUT2D eigenvalue weighted by molar-refractivity contribution is 0.102. The van der Waals surface area contributed by atoms with Gasteiger partial charge >= 0.3 is 6.01 Å². The highest BCUT2D eigenvalue weighted by Crippen LogP contribution is 2.33. The number of nitrogens with one attached hydrogen (secondary N) is 1. The third kappa shape index (κ3) is 3.03. The fourth-order valence-electron chi connectivity index (χ4n) is 2.49. The number of rotatable bonds is 4. The Labute approximate surface area is 161 Å². The van der Waals surface area contributed by atoms with Crippen LogP contribution in [0.15, 0.2) is 57.4 Å². The maximum Gasteiger partial charge on any atom is 0.322 e. The molecule has 0 bridgehead atoms. The van der Waals surface area contributed by atoms with Gasteiger partial charge in [0.05, 0.1) is 12.7 Å². The Balaban J connectivity index is 1.60. The topological polar surface area (TPSA) is 90.4 Å². The number of ether oxygens (including phenoxy) is 1. The van der Waals surface area contributed by atoms with Gasteiger partial charge in [-0.25, -0.2) is 0 Å². The molecule has 7 nitrogen and oxygen atoms in total. The van der Waals surface area contributed by atoms with Crippen molar-refractivity contribution >= 4 is 45.5 Å². The summed E-state index contributed by atoms with van der Waals surface area (Å²) in [6.07, 6.45) is 0. The first-order chi connectivity index (χ1) is 12.7. The highest BCUT2D eigenvalue weighted by atomic mass is 127. The number of fused-ring (bicyclic) bond motifs is 1. The summed E-state index contributed by atoms with van der Waals surface area (Å²) in [6, 6.07) is 14.5. The molecule has 0 aliphatic carbocycles. The Morgan fingerprint density at radius 2 is 1.96 bits per heavy atom. The molecule has 4 aromatic rings. The van der Waals surface area contributed by atoms with Gasteiger partial charge in [-0.05, 0) is 46.9 Å². The summed E-state index contributed by atoms with van der Waals surface area (Å²) in [4.78, 5) is 12.3. The van der Waals surface area contributed by atoms with Crippen LogP contribution in [-0.4, -0.2) is 23.2 Å². The van der Waals surface area contributed by atoms with E-state index in [0.717, 1.165) is 8.96 Å². The second-order valence-corrected chi connectivity index (χ2v) is 6.50. The predicted octanol–water partition coefficient (Wildman–Crippen LogP) is 4.35. The van der Waals surface area contributed by atoms with E-state index in [0.29, 0.717) is 22.7 Å². The molecule has 0 aliphatic rings. The lowest BCUT2D eigenvalue weighted by Gasteiger charge is -2.02. The normalized spacial score (nSPS) is 10.8. The van der Waals surface area contributed by atoms with Crippen molar-refractivity contribution in [3.63, 3.8) is 0 Å². The molecular formula is C18H12IN3O4. The Bertz CT molecular complexity index is 1100. The summed E-state index contributed by atoms with van der Waals surface area (Å²) >= 11 is 2.09. The number of methoxy groups -OCH3 is 1. The van der Waals surface area contributed by atoms with Crippen LogP contribution in [0.4, 0.5) is 6.01 Å². The van der Waals surface area contributed by atoms with E-state index >= 15 is 0 Å². The zero-order chi connectivity index (χ0) is 18.1. The van der Waals surface area contributed by atoms with E-state index in [1.807, 2.05) is 24.3 Å². The summed E-state index contributed by atoms with van der Waals surface area (Å²) in [5.41, 5.74) is 1.12. The molecule has 4 rings (SSSR count). The van der Waals surface area contributed by atoms with Gasteiger partial charge in [0.1, 0.15) is 0 Å². The van der Waals surface area contributed by atoms with Gasteiger partial charge in [0.15, 0.2) is 17.1 Å². The number of halogens is 1. The number of hydrogen-bond acceptors (Lipinski definition) is 6. The van der Waals surface area contributed by atoms with Crippen LogP contribution < -0.4 is 10.1 Å². The quantitative estimate of drug-likeness (QED) is 0.455. The van der Waals surface area contributed by atoms with E-state index in [9.17, 15) is 4.79 Å². The minimum absolute atomic E-state index is 0.00271. The number of nitrogens with zero attached hydrogens (tertiary/aromatic N) is 2. The van der Waals surface area contributed by atoms with Crippen LogP contribution in [0.2, 0.25) is 0 Å². The van der Waals surface area contributed by atoms with Crippen molar-refractivity contribution in [3.05, 3.63) is 57.7 Å². The van der Waals surface area contributed by atoms with E-state index < -0.39 is 0 Å². The van der Waals surface area contributed by atoms with Crippen LogP contribution >= 0.6 is 22.6 Å². The van der Waals surface area contributed by atoms with Gasteiger partial charge in [0.2, 0.25) is 0 Å². The fraction of sp³-hybridized carbons (Fsp3) is 0.0556. The molecule has 0 fully saturated rings. The van der Waals surface area contributed by atoms with Crippen LogP contribution in [0, 0.1) is 3.57 Å². The molecule has 0 radical (unpaired) electrons. The SMILES string of the molecule is COc1cccc2cc(-c3nnc(NC(=O)c4ccccc4I)o3)oc12. The van der Waals surface area contributed by atoms with Crippen molar-refractivity contribution in [2.45, 2.75) is 0 Å². The molecule has 1 N–H and O–H groups in total. The first-order valence-corrected chi connectivity index (χ1v) is 8.70. The summed E-state index contributed by atoms with van der Waals surface area (Å²) in [6.45, 7) is 0. The van der Waals surface area contributed by atoms with Crippen LogP contribution in [0.1, 0.15) is 10.4 Å². The lowest BCUT2D eigenvalue weighted by Crippen LogP contribution is -2.13. The fourth-order valence-corrected chi connectivity index (χ4v) is 3.12. The lowest BCUT2D eigenvalue weighted by atomic mass is 10.2. The Kier molecular flexibility index (Phi) is 4.33. The van der Waals surface area contributed by atoms with E-state index in [1.165, 1.54) is 0 Å². The summed E-state index contributed by atoms with van der Waals surface area (Å²) in [7, 11) is 1.57. The summed E-state index contributed by atoms with van der Waals surface area (Å²) < 4.78 is 17.4. The Morgan fingerprint density at radius 3 is 2.77 bits per heavy atom. The molecule has 0 atom stereocenters. The summed E-state index contributed by atoms with van der Waals surface area (Å²) in [5.74, 6) is 0.852. The van der Waals surface area contributed by atoms with E-state index in [2.05, 4.69) is 38.1 Å². The number of furan rings is 1. The molecule has 2 aromatic carbocycles. The minimum Gasteiger partial charge on any atom is -0.493 e. The first kappa shape index (κ1) is 16.6. The molecule has 0 aliphatic heterocycles. The third-order valence-corrected chi connectivity index (χ3v) is 4.64. The van der Waals surface area contributed by atoms with Crippen LogP contribution in [0.25, 0.3) is 22.6 Å². The van der Waals surface area contributed by atoms with Crippen molar-refractivity contribution in [3.8, 4) is 17.4 Å². The number of carbonyl (C=O) groups excluding carboxylic acids is 1. The number of anilines is 1. The average molecular weight is 461 g/mol. The second-order valence-electron chi connectivity index (χ2n) is 5.34. The van der Waals surface area contributed by atoms with Crippen molar-refractivity contribution in [1.29, 1.82) is 0 Å². The van der Waals surface area contributed by atoms with E-state index in [4.69, 9.17) is 13.6 Å². The van der Waals surface area contributed by atoms with Crippen molar-refractivity contribution < 1.29 is 18.4 Å². The van der Waals surface area contributed by atoms with Gasteiger partial charge in [-0.15, -0.1) is 5.10 Å². The maximum absolute atomic E-state index is 12.3. The zero-order valence-corrected chi connectivity index (χ0v) is 15.7. The molecule has 0 unspecified atom stereocenters. The van der Waals surface area contributed by atoms with Gasteiger partial charge < -0.3 is 13.6 Å². The maximum atomic E-state index is 12.3. The molecule has 0 saturated carbocycles. The van der Waals surface area contributed by atoms with Gasteiger partial charge in [0.25, 0.3) is 11.8 Å². The number of carbonyl (C=O) groups is 1. The van der Waals surface area contributed by atoms with Crippen molar-refractivity contribution in [2.75, 3.05) is 12.4 Å². The molecule has 26 heavy (non-hydrogen) atoms. The molecule has 1 amide bonds. The monoisotopic (exact) mass is 461 g/mol. The number of amides is 1. The van der Waals surface area contributed by atoms with Crippen molar-refractivity contribution in [1.82, 2.24) is 10.2 Å². The predicted molar refractivity (Wildman–Crippen MR) is 103 cm³/mol. The third-order valence-electron chi connectivity index (χ3n) is 3.70. The van der Waals surface area contributed by atoms with Crippen LogP contribution in [-0.2, 0) is 0 Å². The smallest absolute Gasteiger partial charge is 0.322 e. The Morgan fingerprint density at radius 1 is 1.12 bits per heavy atom. The van der Waals surface area contributed by atoms with Crippen molar-refractivity contribution in [2.24, 2.45) is 0 Å². The largest absolute Gasteiger partial charge is 0.493 e. The molecule has 130 valence electrons. The number of para-hydroxylation sites is 1. The highest BCUT2D eigenvalue weighted by Gasteiger charge is 2.18. The van der Waals surface area contributed by atoms with Gasteiger partial charge in [0, 0.05) is 8.96 Å². The van der Waals surface area contributed by atoms with Crippen LogP contribution in [0.5, 0.6) is 5.75 Å². The standard InChI is InChI=1S/C18H12IN3O4/c1-24-13-8-4-5-10-9-14(25-15(10)13)17-21-22-18(26-17)20-16(23)11-6-2-3-7-12(11)19/h2-9H,1H3,(H,20,22,23). The molecule has 0 saturated heterocycles. The number of hydrogen-bond donors (Lipinski definition) is 1.